The zero-order valence-electron chi connectivity index (χ0n) is 41.9. The Balaban J connectivity index is 0.00000608. The Morgan fingerprint density at radius 2 is 1.07 bits per heavy atom. The number of hydrogen-bond acceptors (Lipinski definition) is 4. The van der Waals surface area contributed by atoms with Crippen LogP contribution in [0.1, 0.15) is 103 Å². The third kappa shape index (κ3) is 9.37. The topological polar surface area (TPSA) is 33.5 Å². The molecule has 10 rings (SSSR count). The predicted octanol–water partition coefficient (Wildman–Crippen LogP) is 16.4. The number of fused-ring (bicyclic) bond motifs is 3. The summed E-state index contributed by atoms with van der Waals surface area (Å²) in [5.74, 6) is 2.01. The van der Waals surface area contributed by atoms with E-state index < -0.39 is 0 Å². The van der Waals surface area contributed by atoms with Gasteiger partial charge in [-0.1, -0.05) is 184 Å². The van der Waals surface area contributed by atoms with Crippen LogP contribution in [0.25, 0.3) is 38.8 Å². The van der Waals surface area contributed by atoms with Crippen molar-refractivity contribution in [3.63, 3.8) is 0 Å². The van der Waals surface area contributed by atoms with Crippen molar-refractivity contribution in [2.45, 2.75) is 90.9 Å². The van der Waals surface area contributed by atoms with Crippen molar-refractivity contribution >= 4 is 33.2 Å². The number of ether oxygens (including phenoxy) is 1. The van der Waals surface area contributed by atoms with Gasteiger partial charge in [-0.05, 0) is 103 Å². The van der Waals surface area contributed by atoms with Gasteiger partial charge in [-0.2, -0.15) is 6.07 Å². The predicted molar refractivity (Wildman–Crippen MR) is 288 cm³/mol. The summed E-state index contributed by atoms with van der Waals surface area (Å²) in [4.78, 5) is 9.40. The summed E-state index contributed by atoms with van der Waals surface area (Å²) in [6.45, 7) is 24.9. The quantitative estimate of drug-likeness (QED) is 0.128. The normalized spacial score (nSPS) is 13.3. The molecule has 1 aliphatic rings. The molecule has 0 fully saturated rings. The van der Waals surface area contributed by atoms with Crippen molar-refractivity contribution in [1.82, 2.24) is 9.55 Å². The molecule has 0 bridgehead atoms. The number of aromatic nitrogens is 2. The van der Waals surface area contributed by atoms with Crippen molar-refractivity contribution < 1.29 is 25.8 Å². The summed E-state index contributed by atoms with van der Waals surface area (Å²) in [5, 5.41) is 2.18. The minimum atomic E-state index is -0.351. The second-order valence-electron chi connectivity index (χ2n) is 21.6. The Kier molecular flexibility index (Phi) is 12.8. The van der Waals surface area contributed by atoms with Crippen LogP contribution in [-0.2, 0) is 42.7 Å². The number of anilines is 2. The summed E-state index contributed by atoms with van der Waals surface area (Å²) < 4.78 is 9.20. The molecule has 0 amide bonds. The zero-order chi connectivity index (χ0) is 48.3. The molecule has 70 heavy (non-hydrogen) atoms. The maximum atomic E-state index is 6.97. The largest absolute Gasteiger partial charge is 0.509 e. The van der Waals surface area contributed by atoms with Crippen molar-refractivity contribution in [3.05, 3.63) is 235 Å². The Hall–Kier alpha value is -6.68. The number of rotatable bonds is 10. The summed E-state index contributed by atoms with van der Waals surface area (Å²) in [6, 6.07) is 66.0. The van der Waals surface area contributed by atoms with Crippen molar-refractivity contribution in [3.8, 4) is 28.4 Å². The first-order valence-electron chi connectivity index (χ1n) is 24.1. The Morgan fingerprint density at radius 1 is 0.471 bits per heavy atom. The average molecular weight is 1100 g/mol. The molecule has 0 saturated carbocycles. The summed E-state index contributed by atoms with van der Waals surface area (Å²) in [5.41, 5.74) is 13.0. The number of pyridine rings is 1. The Morgan fingerprint density at radius 3 is 1.70 bits per heavy atom. The van der Waals surface area contributed by atoms with Gasteiger partial charge < -0.3 is 19.1 Å². The van der Waals surface area contributed by atoms with Gasteiger partial charge >= 0.3 is 0 Å². The van der Waals surface area contributed by atoms with Crippen LogP contribution >= 0.6 is 0 Å². The first kappa shape index (κ1) is 48.3. The van der Waals surface area contributed by atoms with Gasteiger partial charge in [0.2, 0.25) is 0 Å². The second-order valence-corrected chi connectivity index (χ2v) is 21.6. The molecule has 9 aromatic rings. The minimum absolute atomic E-state index is 0. The van der Waals surface area contributed by atoms with Crippen LogP contribution in [0.4, 0.5) is 11.4 Å². The molecule has 5 nitrogen and oxygen atoms in total. The van der Waals surface area contributed by atoms with E-state index in [1.54, 1.807) is 0 Å². The zero-order valence-corrected chi connectivity index (χ0v) is 44.2. The Bertz CT molecular complexity index is 3330. The fourth-order valence-electron chi connectivity index (χ4n) is 9.48. The molecule has 0 radical (unpaired) electrons. The average Bonchev–Trinajstić information content (AvgIpc) is 3.98. The molecule has 0 atom stereocenters. The van der Waals surface area contributed by atoms with Crippen molar-refractivity contribution in [2.24, 2.45) is 0 Å². The monoisotopic (exact) mass is 1100 g/mol. The molecule has 356 valence electrons. The van der Waals surface area contributed by atoms with Crippen LogP contribution in [-0.4, -0.2) is 9.55 Å². The van der Waals surface area contributed by atoms with E-state index in [0.717, 1.165) is 50.1 Å². The fraction of sp³-hybridized carbons (Fsp3) is 0.219. The molecule has 0 saturated heterocycles. The van der Waals surface area contributed by atoms with Gasteiger partial charge in [-0.25, -0.2) is 4.98 Å². The van der Waals surface area contributed by atoms with Crippen molar-refractivity contribution in [2.75, 3.05) is 9.80 Å². The van der Waals surface area contributed by atoms with E-state index in [4.69, 9.17) is 9.72 Å². The van der Waals surface area contributed by atoms with E-state index in [1.165, 1.54) is 33.4 Å². The summed E-state index contributed by atoms with van der Waals surface area (Å²) in [6.07, 6.45) is 6.17. The van der Waals surface area contributed by atoms with Gasteiger partial charge in [0.15, 0.2) is 0 Å². The van der Waals surface area contributed by atoms with E-state index >= 15 is 0 Å². The van der Waals surface area contributed by atoms with Crippen LogP contribution < -0.4 is 14.5 Å². The molecule has 0 spiro atoms. The molecule has 3 heterocycles. The van der Waals surface area contributed by atoms with Crippen molar-refractivity contribution in [1.29, 1.82) is 0 Å². The molecule has 0 N–H and O–H groups in total. The maximum Gasteiger partial charge on any atom is 0.135 e. The molecule has 0 aliphatic carbocycles. The maximum absolute atomic E-state index is 6.97. The second kappa shape index (κ2) is 18.6. The standard InChI is InChI=1S/C64H61N4O.Pt/c1-61(2,3)49-35-50(62(4,5)6)37-52(36-49)66-32-33-67(43-66)53-38-51(64(9,10)47-24-18-13-19-25-47)39-55(41-53)69-54-27-28-56-57-34-45(44-20-14-11-15-21-44)26-29-58(57)68(59(56)42-54)60-40-48(30-31-65-60)63(7,8)46-22-16-12-17-23-46;/h11-40,43H,1-10H3;/q-3;. The van der Waals surface area contributed by atoms with Gasteiger partial charge in [0.25, 0.3) is 0 Å². The molecule has 7 aromatic carbocycles. The fourth-order valence-corrected chi connectivity index (χ4v) is 9.48. The van der Waals surface area contributed by atoms with Crippen LogP contribution in [0.3, 0.4) is 0 Å². The van der Waals surface area contributed by atoms with Crippen LogP contribution in [0.15, 0.2) is 182 Å². The first-order valence-corrected chi connectivity index (χ1v) is 24.1. The van der Waals surface area contributed by atoms with Crippen LogP contribution in [0, 0.1) is 18.8 Å². The minimum Gasteiger partial charge on any atom is -0.509 e. The summed E-state index contributed by atoms with van der Waals surface area (Å²) >= 11 is 0. The number of benzene rings is 7. The molecule has 2 aromatic heterocycles. The van der Waals surface area contributed by atoms with E-state index in [-0.39, 0.29) is 42.7 Å². The number of nitrogens with zero attached hydrogens (tertiary/aromatic N) is 4. The summed E-state index contributed by atoms with van der Waals surface area (Å²) in [7, 11) is 0. The van der Waals surface area contributed by atoms with E-state index in [0.29, 0.717) is 11.5 Å². The van der Waals surface area contributed by atoms with Crippen LogP contribution in [0.5, 0.6) is 11.5 Å². The van der Waals surface area contributed by atoms with Gasteiger partial charge in [0.1, 0.15) is 5.82 Å². The van der Waals surface area contributed by atoms with E-state index in [2.05, 4.69) is 273 Å². The first-order chi connectivity index (χ1) is 32.9. The van der Waals surface area contributed by atoms with Gasteiger partial charge in [0, 0.05) is 55.4 Å². The molecule has 6 heteroatoms. The number of hydrogen-bond donors (Lipinski definition) is 0. The SMILES string of the molecule is CC(C)(C)c1cc(N2C=CN(c3[c-]c(Oc4[c-]c5c(cc4)c4cc(-c6ccccc6)ccc4n5-c4cc(C(C)(C)c5ccccc5)ccn4)cc(C(C)(C)c4ccccc4)c3)[CH-]2)cc(C(C)(C)C)c1.[Pt]. The van der Waals surface area contributed by atoms with Gasteiger partial charge in [-0.3, -0.25) is 0 Å². The van der Waals surface area contributed by atoms with Crippen LogP contribution in [0.2, 0.25) is 0 Å². The molecular formula is C64H61N4OPt-3. The third-order valence-electron chi connectivity index (χ3n) is 14.1. The van der Waals surface area contributed by atoms with E-state index in [1.807, 2.05) is 12.3 Å². The smallest absolute Gasteiger partial charge is 0.135 e. The van der Waals surface area contributed by atoms with Gasteiger partial charge in [0.05, 0.1) is 0 Å². The molecule has 1 aliphatic heterocycles. The molecular weight excluding hydrogens is 1040 g/mol. The third-order valence-corrected chi connectivity index (χ3v) is 14.1. The van der Waals surface area contributed by atoms with Gasteiger partial charge in [-0.15, -0.1) is 53.6 Å². The van der Waals surface area contributed by atoms with E-state index in [9.17, 15) is 0 Å². The molecule has 0 unspecified atom stereocenters. The Labute approximate surface area is 429 Å².